The molecule has 0 unspecified atom stereocenters. The summed E-state index contributed by atoms with van der Waals surface area (Å²) < 4.78 is 40.6. The molecule has 0 heterocycles. The number of halogens is 3. The lowest BCUT2D eigenvalue weighted by Crippen LogP contribution is -2.44. The zero-order valence-corrected chi connectivity index (χ0v) is 11.9. The second-order valence-electron chi connectivity index (χ2n) is 5.47. The summed E-state index contributed by atoms with van der Waals surface area (Å²) in [6.45, 7) is -1.13. The van der Waals surface area contributed by atoms with Gasteiger partial charge in [-0.2, -0.15) is 13.2 Å². The third-order valence-corrected chi connectivity index (χ3v) is 3.63. The van der Waals surface area contributed by atoms with E-state index in [0.717, 1.165) is 12.8 Å². The first kappa shape index (κ1) is 16.6. The lowest BCUT2D eigenvalue weighted by Gasteiger charge is -2.20. The summed E-state index contributed by atoms with van der Waals surface area (Å²) in [7, 11) is 0. The Morgan fingerprint density at radius 1 is 1.23 bits per heavy atom. The number of carbonyl (C=O) groups excluding carboxylic acids is 1. The van der Waals surface area contributed by atoms with E-state index in [2.05, 4.69) is 10.1 Å². The maximum absolute atomic E-state index is 12.0. The van der Waals surface area contributed by atoms with Crippen LogP contribution in [0.5, 0.6) is 5.75 Å². The zero-order valence-electron chi connectivity index (χ0n) is 11.9. The molecule has 0 bridgehead atoms. The Kier molecular flexibility index (Phi) is 4.95. The van der Waals surface area contributed by atoms with Crippen molar-refractivity contribution in [1.82, 2.24) is 5.32 Å². The SMILES string of the molecule is O=C(NCc1ccc(OCC(F)(F)F)cc1)C1(O)CCCC1. The van der Waals surface area contributed by atoms with Crippen molar-refractivity contribution < 1.29 is 27.8 Å². The molecule has 1 fully saturated rings. The number of hydrogen-bond donors (Lipinski definition) is 2. The summed E-state index contributed by atoms with van der Waals surface area (Å²) in [5, 5.41) is 12.7. The van der Waals surface area contributed by atoms with E-state index >= 15 is 0 Å². The van der Waals surface area contributed by atoms with Gasteiger partial charge < -0.3 is 15.2 Å². The van der Waals surface area contributed by atoms with Gasteiger partial charge in [0.1, 0.15) is 11.4 Å². The average molecular weight is 317 g/mol. The zero-order chi connectivity index (χ0) is 16.2. The summed E-state index contributed by atoms with van der Waals surface area (Å²) in [4.78, 5) is 11.9. The Bertz CT molecular complexity index is 508. The highest BCUT2D eigenvalue weighted by atomic mass is 19.4. The molecule has 0 aliphatic heterocycles. The van der Waals surface area contributed by atoms with Crippen LogP contribution in [0.15, 0.2) is 24.3 Å². The van der Waals surface area contributed by atoms with Crippen molar-refractivity contribution in [2.75, 3.05) is 6.61 Å². The second-order valence-corrected chi connectivity index (χ2v) is 5.47. The molecular formula is C15H18F3NO3. The standard InChI is InChI=1S/C15H18F3NO3/c16-15(17,18)10-22-12-5-3-11(4-6-12)9-19-13(20)14(21)7-1-2-8-14/h3-6,21H,1-2,7-10H2,(H,19,20). The minimum absolute atomic E-state index is 0.113. The van der Waals surface area contributed by atoms with Crippen molar-refractivity contribution in [3.8, 4) is 5.75 Å². The Morgan fingerprint density at radius 2 is 1.82 bits per heavy atom. The number of hydrogen-bond acceptors (Lipinski definition) is 3. The van der Waals surface area contributed by atoms with E-state index in [9.17, 15) is 23.1 Å². The minimum atomic E-state index is -4.37. The summed E-state index contributed by atoms with van der Waals surface area (Å²) in [5.41, 5.74) is -0.565. The first-order valence-electron chi connectivity index (χ1n) is 7.08. The van der Waals surface area contributed by atoms with E-state index < -0.39 is 24.3 Å². The Hall–Kier alpha value is -1.76. The van der Waals surface area contributed by atoms with Crippen LogP contribution in [0.3, 0.4) is 0 Å². The maximum atomic E-state index is 12.0. The van der Waals surface area contributed by atoms with Crippen molar-refractivity contribution in [2.45, 2.75) is 44.0 Å². The molecule has 1 amide bonds. The van der Waals surface area contributed by atoms with Gasteiger partial charge in [0.05, 0.1) is 0 Å². The maximum Gasteiger partial charge on any atom is 0.422 e. The van der Waals surface area contributed by atoms with Crippen molar-refractivity contribution in [3.63, 3.8) is 0 Å². The van der Waals surface area contributed by atoms with Crippen LogP contribution < -0.4 is 10.1 Å². The summed E-state index contributed by atoms with van der Waals surface area (Å²) in [6.07, 6.45) is -1.79. The van der Waals surface area contributed by atoms with Gasteiger partial charge in [-0.3, -0.25) is 4.79 Å². The van der Waals surface area contributed by atoms with Crippen molar-refractivity contribution in [1.29, 1.82) is 0 Å². The first-order valence-corrected chi connectivity index (χ1v) is 7.08. The number of benzene rings is 1. The number of ether oxygens (including phenoxy) is 1. The van der Waals surface area contributed by atoms with Gasteiger partial charge in [0, 0.05) is 6.54 Å². The number of amides is 1. The van der Waals surface area contributed by atoms with Crippen molar-refractivity contribution >= 4 is 5.91 Å². The van der Waals surface area contributed by atoms with Crippen molar-refractivity contribution in [2.24, 2.45) is 0 Å². The molecule has 1 aliphatic carbocycles. The van der Waals surface area contributed by atoms with E-state index in [4.69, 9.17) is 0 Å². The fourth-order valence-electron chi connectivity index (χ4n) is 2.40. The van der Waals surface area contributed by atoms with Gasteiger partial charge in [-0.05, 0) is 43.4 Å². The summed E-state index contributed by atoms with van der Waals surface area (Å²) >= 11 is 0. The van der Waals surface area contributed by atoms with E-state index in [-0.39, 0.29) is 12.3 Å². The molecule has 7 heteroatoms. The Balaban J connectivity index is 1.82. The minimum Gasteiger partial charge on any atom is -0.484 e. The lowest BCUT2D eigenvalue weighted by atomic mass is 10.0. The van der Waals surface area contributed by atoms with E-state index in [0.29, 0.717) is 18.4 Å². The van der Waals surface area contributed by atoms with Gasteiger partial charge in [-0.1, -0.05) is 12.1 Å². The molecule has 2 rings (SSSR count). The van der Waals surface area contributed by atoms with Gasteiger partial charge in [-0.15, -0.1) is 0 Å². The molecule has 1 saturated carbocycles. The Labute approximate surface area is 126 Å². The van der Waals surface area contributed by atoms with Gasteiger partial charge in [0.25, 0.3) is 5.91 Å². The van der Waals surface area contributed by atoms with Crippen LogP contribution in [0.4, 0.5) is 13.2 Å². The van der Waals surface area contributed by atoms with Gasteiger partial charge >= 0.3 is 6.18 Å². The van der Waals surface area contributed by atoms with Crippen LogP contribution in [0, 0.1) is 0 Å². The molecular weight excluding hydrogens is 299 g/mol. The highest BCUT2D eigenvalue weighted by molar-refractivity contribution is 5.85. The van der Waals surface area contributed by atoms with Gasteiger partial charge in [0.15, 0.2) is 6.61 Å². The predicted molar refractivity (Wildman–Crippen MR) is 73.3 cm³/mol. The number of alkyl halides is 3. The van der Waals surface area contributed by atoms with Crippen LogP contribution in [0.25, 0.3) is 0 Å². The molecule has 2 N–H and O–H groups in total. The first-order chi connectivity index (χ1) is 10.3. The van der Waals surface area contributed by atoms with E-state index in [1.54, 1.807) is 12.1 Å². The largest absolute Gasteiger partial charge is 0.484 e. The lowest BCUT2D eigenvalue weighted by molar-refractivity contribution is -0.153. The highest BCUT2D eigenvalue weighted by Crippen LogP contribution is 2.29. The number of carbonyl (C=O) groups is 1. The molecule has 0 radical (unpaired) electrons. The normalized spacial score (nSPS) is 17.3. The fraction of sp³-hybridized carbons (Fsp3) is 0.533. The third kappa shape index (κ3) is 4.62. The topological polar surface area (TPSA) is 58.6 Å². The van der Waals surface area contributed by atoms with Crippen LogP contribution in [-0.2, 0) is 11.3 Å². The van der Waals surface area contributed by atoms with Crippen LogP contribution in [0.2, 0.25) is 0 Å². The fourth-order valence-corrected chi connectivity index (χ4v) is 2.40. The van der Waals surface area contributed by atoms with Gasteiger partial charge in [0.2, 0.25) is 0 Å². The number of nitrogens with one attached hydrogen (secondary N) is 1. The molecule has 0 spiro atoms. The monoisotopic (exact) mass is 317 g/mol. The van der Waals surface area contributed by atoms with Crippen LogP contribution in [-0.4, -0.2) is 29.4 Å². The molecule has 0 atom stereocenters. The molecule has 0 aromatic heterocycles. The van der Waals surface area contributed by atoms with E-state index in [1.807, 2.05) is 0 Å². The quantitative estimate of drug-likeness (QED) is 0.877. The Morgan fingerprint density at radius 3 is 2.36 bits per heavy atom. The molecule has 1 aliphatic rings. The number of rotatable bonds is 5. The predicted octanol–water partition coefficient (Wildman–Crippen LogP) is 2.55. The van der Waals surface area contributed by atoms with E-state index in [1.165, 1.54) is 12.1 Å². The summed E-state index contributed by atoms with van der Waals surface area (Å²) in [6, 6.07) is 5.98. The van der Waals surface area contributed by atoms with Gasteiger partial charge in [-0.25, -0.2) is 0 Å². The molecule has 4 nitrogen and oxygen atoms in total. The molecule has 1 aromatic rings. The average Bonchev–Trinajstić information content (AvgIpc) is 2.91. The molecule has 122 valence electrons. The second kappa shape index (κ2) is 6.56. The molecule has 1 aromatic carbocycles. The van der Waals surface area contributed by atoms with Crippen molar-refractivity contribution in [3.05, 3.63) is 29.8 Å². The smallest absolute Gasteiger partial charge is 0.422 e. The summed E-state index contributed by atoms with van der Waals surface area (Å²) in [5.74, 6) is -0.288. The third-order valence-electron chi connectivity index (χ3n) is 3.63. The molecule has 22 heavy (non-hydrogen) atoms. The number of aliphatic hydroxyl groups is 1. The van der Waals surface area contributed by atoms with Crippen LogP contribution in [0.1, 0.15) is 31.2 Å². The highest BCUT2D eigenvalue weighted by Gasteiger charge is 2.38. The van der Waals surface area contributed by atoms with Crippen LogP contribution >= 0.6 is 0 Å². The molecule has 0 saturated heterocycles.